The largest absolute Gasteiger partial charge is 0.508 e. The number of ketones is 1. The molecular weight excluding hydrogens is 187 g/mol. The molecule has 0 aromatic heterocycles. The van der Waals surface area contributed by atoms with Crippen LogP contribution in [0.25, 0.3) is 0 Å². The molecule has 0 amide bonds. The van der Waals surface area contributed by atoms with Gasteiger partial charge in [0.1, 0.15) is 11.5 Å². The summed E-state index contributed by atoms with van der Waals surface area (Å²) in [5.74, 6) is -0.941. The second-order valence-electron chi connectivity index (χ2n) is 2.99. The molecular formula is C10H11FO3. The van der Waals surface area contributed by atoms with Crippen LogP contribution in [0.15, 0.2) is 12.1 Å². The van der Waals surface area contributed by atoms with E-state index < -0.39 is 5.82 Å². The Bertz CT molecular complexity index is 361. The Morgan fingerprint density at radius 2 is 2.21 bits per heavy atom. The van der Waals surface area contributed by atoms with E-state index >= 15 is 0 Å². The number of phenols is 1. The van der Waals surface area contributed by atoms with Crippen molar-refractivity contribution in [1.29, 1.82) is 0 Å². The summed E-state index contributed by atoms with van der Waals surface area (Å²) in [6, 6.07) is 2.27. The normalized spacial score (nSPS) is 9.93. The molecule has 0 fully saturated rings. The van der Waals surface area contributed by atoms with Gasteiger partial charge in [-0.1, -0.05) is 0 Å². The molecule has 0 saturated carbocycles. The van der Waals surface area contributed by atoms with Gasteiger partial charge in [-0.15, -0.1) is 0 Å². The van der Waals surface area contributed by atoms with E-state index in [9.17, 15) is 14.3 Å². The minimum atomic E-state index is -0.641. The van der Waals surface area contributed by atoms with Crippen molar-refractivity contribution < 1.29 is 19.0 Å². The molecule has 1 rings (SSSR count). The van der Waals surface area contributed by atoms with E-state index in [-0.39, 0.29) is 23.7 Å². The molecule has 0 unspecified atom stereocenters. The van der Waals surface area contributed by atoms with Crippen LogP contribution in [0, 0.1) is 5.82 Å². The standard InChI is InChI=1S/C10H11FO3/c1-6(12)3-7-4-10(14-2)8(11)5-9(7)13/h4-5,13H,3H2,1-2H3. The first-order valence-electron chi connectivity index (χ1n) is 4.09. The van der Waals surface area contributed by atoms with E-state index in [4.69, 9.17) is 4.74 Å². The Labute approximate surface area is 81.1 Å². The molecule has 0 spiro atoms. The maximum absolute atomic E-state index is 13.0. The minimum absolute atomic E-state index is 0.0269. The molecule has 3 nitrogen and oxygen atoms in total. The summed E-state index contributed by atoms with van der Waals surface area (Å²) in [6.45, 7) is 1.40. The quantitative estimate of drug-likeness (QED) is 0.803. The number of halogens is 1. The van der Waals surface area contributed by atoms with E-state index in [1.807, 2.05) is 0 Å². The van der Waals surface area contributed by atoms with E-state index in [0.717, 1.165) is 6.07 Å². The molecule has 0 bridgehead atoms. The number of Topliss-reactive ketones (excluding diaryl/α,β-unsaturated/α-hetero) is 1. The summed E-state index contributed by atoms with van der Waals surface area (Å²) >= 11 is 0. The van der Waals surface area contributed by atoms with Crippen molar-refractivity contribution in [3.05, 3.63) is 23.5 Å². The zero-order valence-corrected chi connectivity index (χ0v) is 8.00. The van der Waals surface area contributed by atoms with Crippen molar-refractivity contribution in [3.8, 4) is 11.5 Å². The van der Waals surface area contributed by atoms with E-state index in [1.54, 1.807) is 0 Å². The minimum Gasteiger partial charge on any atom is -0.508 e. The molecule has 0 aliphatic rings. The van der Waals surface area contributed by atoms with Gasteiger partial charge in [0.15, 0.2) is 11.6 Å². The molecule has 0 aliphatic heterocycles. The predicted molar refractivity (Wildman–Crippen MR) is 49.0 cm³/mol. The number of carbonyl (C=O) groups excluding carboxylic acids is 1. The van der Waals surface area contributed by atoms with Crippen molar-refractivity contribution in [3.63, 3.8) is 0 Å². The van der Waals surface area contributed by atoms with Crippen LogP contribution >= 0.6 is 0 Å². The maximum atomic E-state index is 13.0. The number of phenolic OH excluding ortho intramolecular Hbond substituents is 1. The average molecular weight is 198 g/mol. The van der Waals surface area contributed by atoms with Gasteiger partial charge in [-0.25, -0.2) is 4.39 Å². The molecule has 0 heterocycles. The monoisotopic (exact) mass is 198 g/mol. The first-order valence-corrected chi connectivity index (χ1v) is 4.09. The fourth-order valence-corrected chi connectivity index (χ4v) is 1.15. The molecule has 0 saturated heterocycles. The molecule has 0 atom stereocenters. The average Bonchev–Trinajstić information content (AvgIpc) is 2.09. The van der Waals surface area contributed by atoms with Gasteiger partial charge in [-0.3, -0.25) is 4.79 Å². The Hall–Kier alpha value is -1.58. The number of benzene rings is 1. The summed E-state index contributed by atoms with van der Waals surface area (Å²) in [6.07, 6.45) is 0.0719. The van der Waals surface area contributed by atoms with Crippen molar-refractivity contribution in [1.82, 2.24) is 0 Å². The van der Waals surface area contributed by atoms with Crippen LogP contribution in [-0.2, 0) is 11.2 Å². The highest BCUT2D eigenvalue weighted by Gasteiger charge is 2.10. The second kappa shape index (κ2) is 4.09. The Morgan fingerprint density at radius 3 is 2.71 bits per heavy atom. The maximum Gasteiger partial charge on any atom is 0.168 e. The molecule has 1 aromatic carbocycles. The third kappa shape index (κ3) is 2.22. The smallest absolute Gasteiger partial charge is 0.168 e. The van der Waals surface area contributed by atoms with Crippen LogP contribution in [0.4, 0.5) is 4.39 Å². The van der Waals surface area contributed by atoms with Gasteiger partial charge in [0.05, 0.1) is 7.11 Å². The van der Waals surface area contributed by atoms with Crippen LogP contribution in [0.3, 0.4) is 0 Å². The lowest BCUT2D eigenvalue weighted by Gasteiger charge is -2.06. The van der Waals surface area contributed by atoms with E-state index in [0.29, 0.717) is 5.56 Å². The Morgan fingerprint density at radius 1 is 1.57 bits per heavy atom. The topological polar surface area (TPSA) is 46.5 Å². The summed E-state index contributed by atoms with van der Waals surface area (Å²) in [7, 11) is 1.33. The van der Waals surface area contributed by atoms with Gasteiger partial charge in [0, 0.05) is 18.1 Å². The van der Waals surface area contributed by atoms with Crippen LogP contribution in [-0.4, -0.2) is 18.0 Å². The highest BCUT2D eigenvalue weighted by Crippen LogP contribution is 2.26. The number of rotatable bonds is 3. The zero-order chi connectivity index (χ0) is 10.7. The fraction of sp³-hybridized carbons (Fsp3) is 0.300. The lowest BCUT2D eigenvalue weighted by molar-refractivity contribution is -0.116. The number of hydrogen-bond acceptors (Lipinski definition) is 3. The van der Waals surface area contributed by atoms with E-state index in [1.165, 1.54) is 20.1 Å². The lowest BCUT2D eigenvalue weighted by atomic mass is 10.1. The van der Waals surface area contributed by atoms with Gasteiger partial charge in [-0.05, 0) is 13.0 Å². The second-order valence-corrected chi connectivity index (χ2v) is 2.99. The van der Waals surface area contributed by atoms with Gasteiger partial charge in [0.25, 0.3) is 0 Å². The van der Waals surface area contributed by atoms with Gasteiger partial charge >= 0.3 is 0 Å². The van der Waals surface area contributed by atoms with Crippen LogP contribution in [0.1, 0.15) is 12.5 Å². The van der Waals surface area contributed by atoms with Crippen molar-refractivity contribution in [2.75, 3.05) is 7.11 Å². The summed E-state index contributed by atoms with van der Waals surface area (Å²) in [5.41, 5.74) is 0.371. The highest BCUT2D eigenvalue weighted by molar-refractivity contribution is 5.79. The van der Waals surface area contributed by atoms with Crippen LogP contribution in [0.2, 0.25) is 0 Å². The molecule has 14 heavy (non-hydrogen) atoms. The molecule has 1 aromatic rings. The molecule has 0 aliphatic carbocycles. The predicted octanol–water partition coefficient (Wildman–Crippen LogP) is 1.67. The first kappa shape index (κ1) is 10.5. The summed E-state index contributed by atoms with van der Waals surface area (Å²) in [5, 5.41) is 9.31. The highest BCUT2D eigenvalue weighted by atomic mass is 19.1. The Kier molecular flexibility index (Phi) is 3.06. The number of hydrogen-bond donors (Lipinski definition) is 1. The summed E-state index contributed by atoms with van der Waals surface area (Å²) < 4.78 is 17.7. The SMILES string of the molecule is COc1cc(CC(C)=O)c(O)cc1F. The first-order chi connectivity index (χ1) is 6.54. The van der Waals surface area contributed by atoms with Crippen molar-refractivity contribution >= 4 is 5.78 Å². The molecule has 0 radical (unpaired) electrons. The van der Waals surface area contributed by atoms with Crippen LogP contribution in [0.5, 0.6) is 11.5 Å². The zero-order valence-electron chi connectivity index (χ0n) is 8.00. The number of aromatic hydroxyl groups is 1. The van der Waals surface area contributed by atoms with Crippen LogP contribution < -0.4 is 4.74 Å². The van der Waals surface area contributed by atoms with Gasteiger partial charge < -0.3 is 9.84 Å². The Balaban J connectivity index is 3.10. The molecule has 4 heteroatoms. The number of methoxy groups -OCH3 is 1. The van der Waals surface area contributed by atoms with Gasteiger partial charge in [0.2, 0.25) is 0 Å². The molecule has 1 N–H and O–H groups in total. The third-order valence-electron chi connectivity index (χ3n) is 1.79. The van der Waals surface area contributed by atoms with Gasteiger partial charge in [-0.2, -0.15) is 0 Å². The van der Waals surface area contributed by atoms with Crippen molar-refractivity contribution in [2.24, 2.45) is 0 Å². The van der Waals surface area contributed by atoms with E-state index in [2.05, 4.69) is 0 Å². The third-order valence-corrected chi connectivity index (χ3v) is 1.79. The fourth-order valence-electron chi connectivity index (χ4n) is 1.15. The lowest BCUT2D eigenvalue weighted by Crippen LogP contribution is -1.98. The number of carbonyl (C=O) groups is 1. The molecule has 76 valence electrons. The number of ether oxygens (including phenoxy) is 1. The summed E-state index contributed by atoms with van der Waals surface area (Å²) in [4.78, 5) is 10.8. The van der Waals surface area contributed by atoms with Crippen molar-refractivity contribution in [2.45, 2.75) is 13.3 Å².